The van der Waals surface area contributed by atoms with Gasteiger partial charge in [-0.25, -0.2) is 0 Å². The van der Waals surface area contributed by atoms with Gasteiger partial charge in [0.2, 0.25) is 0 Å². The fraction of sp³-hybridized carbons (Fsp3) is 0.250. The van der Waals surface area contributed by atoms with Crippen LogP contribution in [0.3, 0.4) is 0 Å². The van der Waals surface area contributed by atoms with Crippen LogP contribution < -0.4 is 5.32 Å². The Morgan fingerprint density at radius 1 is 0.947 bits per heavy atom. The molecule has 0 heterocycles. The third-order valence-corrected chi connectivity index (χ3v) is 4.00. The second-order valence-corrected chi connectivity index (χ2v) is 5.57. The first-order chi connectivity index (χ1) is 9.02. The molecule has 0 aliphatic heterocycles. The van der Waals surface area contributed by atoms with Gasteiger partial charge in [0.1, 0.15) is 0 Å². The maximum absolute atomic E-state index is 6.22. The fourth-order valence-electron chi connectivity index (χ4n) is 2.25. The van der Waals surface area contributed by atoms with Gasteiger partial charge in [-0.3, -0.25) is 0 Å². The molecule has 0 aliphatic rings. The van der Waals surface area contributed by atoms with Crippen molar-refractivity contribution in [2.45, 2.75) is 19.9 Å². The van der Waals surface area contributed by atoms with Crippen molar-refractivity contribution in [2.24, 2.45) is 0 Å². The van der Waals surface area contributed by atoms with Gasteiger partial charge >= 0.3 is 0 Å². The van der Waals surface area contributed by atoms with Crippen molar-refractivity contribution in [3.63, 3.8) is 0 Å². The van der Waals surface area contributed by atoms with Gasteiger partial charge in [-0.05, 0) is 61.3 Å². The van der Waals surface area contributed by atoms with Crippen LogP contribution in [0, 0.1) is 13.8 Å². The number of rotatable bonds is 3. The molecule has 0 aliphatic carbocycles. The Balaban J connectivity index is 2.46. The van der Waals surface area contributed by atoms with Crippen LogP contribution in [-0.2, 0) is 0 Å². The topological polar surface area (TPSA) is 12.0 Å². The van der Waals surface area contributed by atoms with Crippen molar-refractivity contribution < 1.29 is 0 Å². The first-order valence-electron chi connectivity index (χ1n) is 6.22. The number of halogens is 2. The van der Waals surface area contributed by atoms with E-state index in [2.05, 4.69) is 24.4 Å². The van der Waals surface area contributed by atoms with Crippen molar-refractivity contribution in [2.75, 3.05) is 7.05 Å². The van der Waals surface area contributed by atoms with Crippen molar-refractivity contribution in [3.05, 3.63) is 68.7 Å². The van der Waals surface area contributed by atoms with Crippen LogP contribution in [0.5, 0.6) is 0 Å². The molecule has 1 nitrogen and oxygen atoms in total. The molecule has 2 aromatic rings. The maximum atomic E-state index is 6.22. The van der Waals surface area contributed by atoms with E-state index in [1.807, 2.05) is 38.2 Å². The third kappa shape index (κ3) is 3.11. The second-order valence-electron chi connectivity index (χ2n) is 4.73. The highest BCUT2D eigenvalue weighted by atomic mass is 35.5. The zero-order valence-electron chi connectivity index (χ0n) is 11.3. The van der Waals surface area contributed by atoms with Crippen molar-refractivity contribution in [1.29, 1.82) is 0 Å². The lowest BCUT2D eigenvalue weighted by molar-refractivity contribution is 0.687. The summed E-state index contributed by atoms with van der Waals surface area (Å²) in [5.41, 5.74) is 4.63. The summed E-state index contributed by atoms with van der Waals surface area (Å²) in [6, 6.07) is 12.3. The molecule has 0 radical (unpaired) electrons. The summed E-state index contributed by atoms with van der Waals surface area (Å²) >= 11 is 12.2. The molecule has 1 unspecified atom stereocenters. The summed E-state index contributed by atoms with van der Waals surface area (Å²) in [5, 5.41) is 4.90. The molecule has 3 heteroatoms. The summed E-state index contributed by atoms with van der Waals surface area (Å²) in [4.78, 5) is 0. The van der Waals surface area contributed by atoms with Crippen LogP contribution in [0.2, 0.25) is 10.0 Å². The molecule has 2 aromatic carbocycles. The number of hydrogen-bond donors (Lipinski definition) is 1. The first kappa shape index (κ1) is 14.4. The SMILES string of the molecule is CNC(c1ccc(C)c(Cl)c1)c1ccc(Cl)cc1C. The van der Waals surface area contributed by atoms with Crippen molar-refractivity contribution in [1.82, 2.24) is 5.32 Å². The second kappa shape index (κ2) is 5.96. The van der Waals surface area contributed by atoms with E-state index in [0.717, 1.165) is 21.2 Å². The molecule has 1 N–H and O–H groups in total. The predicted octanol–water partition coefficient (Wildman–Crippen LogP) is 4.92. The number of hydrogen-bond acceptors (Lipinski definition) is 1. The van der Waals surface area contributed by atoms with Gasteiger partial charge in [-0.15, -0.1) is 0 Å². The Bertz CT molecular complexity index is 593. The molecule has 100 valence electrons. The Labute approximate surface area is 124 Å². The number of nitrogens with one attached hydrogen (secondary N) is 1. The molecule has 2 rings (SSSR count). The van der Waals surface area contributed by atoms with E-state index in [-0.39, 0.29) is 6.04 Å². The van der Waals surface area contributed by atoms with Gasteiger partial charge in [-0.2, -0.15) is 0 Å². The highest BCUT2D eigenvalue weighted by Crippen LogP contribution is 2.29. The minimum Gasteiger partial charge on any atom is -0.309 e. The van der Waals surface area contributed by atoms with Crippen LogP contribution in [0.1, 0.15) is 28.3 Å². The molecule has 0 saturated carbocycles. The lowest BCUT2D eigenvalue weighted by atomic mass is 9.94. The van der Waals surface area contributed by atoms with E-state index >= 15 is 0 Å². The van der Waals surface area contributed by atoms with Crippen LogP contribution in [0.4, 0.5) is 0 Å². The monoisotopic (exact) mass is 293 g/mol. The van der Waals surface area contributed by atoms with Crippen molar-refractivity contribution in [3.8, 4) is 0 Å². The molecule has 1 atom stereocenters. The Morgan fingerprint density at radius 2 is 1.68 bits per heavy atom. The quantitative estimate of drug-likeness (QED) is 0.847. The zero-order chi connectivity index (χ0) is 14.0. The van der Waals surface area contributed by atoms with Gasteiger partial charge in [0.05, 0.1) is 6.04 Å². The zero-order valence-corrected chi connectivity index (χ0v) is 12.8. The summed E-state index contributed by atoms with van der Waals surface area (Å²) in [6.45, 7) is 4.08. The summed E-state index contributed by atoms with van der Waals surface area (Å²) < 4.78 is 0. The van der Waals surface area contributed by atoms with Crippen LogP contribution >= 0.6 is 23.2 Å². The van der Waals surface area contributed by atoms with Gasteiger partial charge < -0.3 is 5.32 Å². The molecule has 0 fully saturated rings. The van der Waals surface area contributed by atoms with Crippen molar-refractivity contribution >= 4 is 23.2 Å². The normalized spacial score (nSPS) is 12.5. The van der Waals surface area contributed by atoms with Crippen LogP contribution in [0.25, 0.3) is 0 Å². The molecular formula is C16H17Cl2N. The largest absolute Gasteiger partial charge is 0.309 e. The summed E-state index contributed by atoms with van der Waals surface area (Å²) in [6.07, 6.45) is 0. The van der Waals surface area contributed by atoms with Gasteiger partial charge in [0.15, 0.2) is 0 Å². The molecule has 0 saturated heterocycles. The molecular weight excluding hydrogens is 277 g/mol. The molecule has 0 aromatic heterocycles. The summed E-state index contributed by atoms with van der Waals surface area (Å²) in [5.74, 6) is 0. The lowest BCUT2D eigenvalue weighted by Crippen LogP contribution is -2.18. The van der Waals surface area contributed by atoms with Crippen LogP contribution in [0.15, 0.2) is 36.4 Å². The van der Waals surface area contributed by atoms with Gasteiger partial charge in [-0.1, -0.05) is 41.4 Å². The molecule has 0 spiro atoms. The van der Waals surface area contributed by atoms with E-state index in [4.69, 9.17) is 23.2 Å². The Morgan fingerprint density at radius 3 is 2.26 bits per heavy atom. The Kier molecular flexibility index (Phi) is 4.51. The third-order valence-electron chi connectivity index (χ3n) is 3.36. The summed E-state index contributed by atoms with van der Waals surface area (Å²) in [7, 11) is 1.95. The highest BCUT2D eigenvalue weighted by Gasteiger charge is 2.15. The first-order valence-corrected chi connectivity index (χ1v) is 6.98. The van der Waals surface area contributed by atoms with E-state index in [1.165, 1.54) is 11.1 Å². The lowest BCUT2D eigenvalue weighted by Gasteiger charge is -2.20. The number of aryl methyl sites for hydroxylation is 2. The predicted molar refractivity (Wildman–Crippen MR) is 83.3 cm³/mol. The fourth-order valence-corrected chi connectivity index (χ4v) is 2.67. The number of benzene rings is 2. The van der Waals surface area contributed by atoms with E-state index in [1.54, 1.807) is 0 Å². The van der Waals surface area contributed by atoms with Crippen LogP contribution in [-0.4, -0.2) is 7.05 Å². The standard InChI is InChI=1S/C16H17Cl2N/c1-10-4-5-12(9-15(10)18)16(19-3)14-7-6-13(17)8-11(14)2/h4-9,16,19H,1-3H3. The van der Waals surface area contributed by atoms with Gasteiger partial charge in [0.25, 0.3) is 0 Å². The van der Waals surface area contributed by atoms with E-state index in [0.29, 0.717) is 0 Å². The molecule has 0 amide bonds. The minimum atomic E-state index is 0.121. The average Bonchev–Trinajstić information content (AvgIpc) is 2.37. The smallest absolute Gasteiger partial charge is 0.0577 e. The Hall–Kier alpha value is -1.02. The average molecular weight is 294 g/mol. The van der Waals surface area contributed by atoms with Gasteiger partial charge in [0, 0.05) is 10.0 Å². The molecule has 0 bridgehead atoms. The molecule has 19 heavy (non-hydrogen) atoms. The van der Waals surface area contributed by atoms with E-state index < -0.39 is 0 Å². The maximum Gasteiger partial charge on any atom is 0.0577 e. The highest BCUT2D eigenvalue weighted by molar-refractivity contribution is 6.31. The van der Waals surface area contributed by atoms with E-state index in [9.17, 15) is 0 Å². The minimum absolute atomic E-state index is 0.121.